The third-order valence-corrected chi connectivity index (χ3v) is 5.31. The van der Waals surface area contributed by atoms with Gasteiger partial charge in [-0.25, -0.2) is 13.9 Å². The molecule has 0 saturated heterocycles. The van der Waals surface area contributed by atoms with E-state index in [2.05, 4.69) is 15.4 Å². The number of nitrogens with zero attached hydrogens (tertiary/aromatic N) is 3. The first-order valence-electron chi connectivity index (χ1n) is 8.83. The molecule has 0 bridgehead atoms. The highest BCUT2D eigenvalue weighted by molar-refractivity contribution is 7.20. The molecule has 4 rings (SSSR count). The Labute approximate surface area is 170 Å². The van der Waals surface area contributed by atoms with Crippen molar-refractivity contribution >= 4 is 21.4 Å². The van der Waals surface area contributed by atoms with Crippen molar-refractivity contribution in [2.75, 3.05) is 26.1 Å². The van der Waals surface area contributed by atoms with Crippen LogP contribution in [0.5, 0.6) is 11.5 Å². The largest absolute Gasteiger partial charge is 0.497 e. The molecule has 0 aliphatic rings. The number of halogens is 1. The number of aromatic nitrogens is 3. The number of hydrogen-bond donors (Lipinski definition) is 2. The van der Waals surface area contributed by atoms with Crippen molar-refractivity contribution in [3.05, 3.63) is 60.0 Å². The molecule has 2 N–H and O–H groups in total. The van der Waals surface area contributed by atoms with Gasteiger partial charge < -0.3 is 19.9 Å². The Morgan fingerprint density at radius 2 is 1.97 bits per heavy atom. The van der Waals surface area contributed by atoms with Gasteiger partial charge in [-0.15, -0.1) is 5.10 Å². The van der Waals surface area contributed by atoms with E-state index in [1.807, 2.05) is 0 Å². The Morgan fingerprint density at radius 3 is 2.66 bits per heavy atom. The highest BCUT2D eigenvalue weighted by atomic mass is 32.1. The lowest BCUT2D eigenvalue weighted by molar-refractivity contribution is 0.186. The predicted molar refractivity (Wildman–Crippen MR) is 109 cm³/mol. The minimum atomic E-state index is -0.814. The summed E-state index contributed by atoms with van der Waals surface area (Å²) in [7, 11) is 3.13. The molecule has 2 aromatic heterocycles. The van der Waals surface area contributed by atoms with Gasteiger partial charge in [0.1, 0.15) is 17.3 Å². The van der Waals surface area contributed by atoms with Gasteiger partial charge in [0.15, 0.2) is 0 Å². The molecule has 0 fully saturated rings. The number of aliphatic hydroxyl groups is 1. The first-order chi connectivity index (χ1) is 14.1. The number of nitrogens with one attached hydrogen (secondary N) is 1. The lowest BCUT2D eigenvalue weighted by Gasteiger charge is -2.16. The maximum Gasteiger partial charge on any atom is 0.214 e. The Morgan fingerprint density at radius 1 is 1.17 bits per heavy atom. The summed E-state index contributed by atoms with van der Waals surface area (Å²) >= 11 is 1.36. The summed E-state index contributed by atoms with van der Waals surface area (Å²) in [4.78, 5) is 5.22. The molecule has 1 unspecified atom stereocenters. The Kier molecular flexibility index (Phi) is 5.32. The minimum absolute atomic E-state index is 0.241. The lowest BCUT2D eigenvalue weighted by Crippen LogP contribution is -2.13. The Hall–Kier alpha value is -3.17. The minimum Gasteiger partial charge on any atom is -0.497 e. The van der Waals surface area contributed by atoms with Gasteiger partial charge >= 0.3 is 0 Å². The number of anilines is 1. The van der Waals surface area contributed by atoms with Crippen LogP contribution in [-0.2, 0) is 0 Å². The average Bonchev–Trinajstić information content (AvgIpc) is 3.31. The fourth-order valence-corrected chi connectivity index (χ4v) is 3.71. The van der Waals surface area contributed by atoms with Crippen molar-refractivity contribution in [3.63, 3.8) is 0 Å². The molecule has 150 valence electrons. The van der Waals surface area contributed by atoms with E-state index in [4.69, 9.17) is 9.47 Å². The van der Waals surface area contributed by atoms with Crippen molar-refractivity contribution in [1.82, 2.24) is 14.6 Å². The number of hydrogen-bond acceptors (Lipinski definition) is 7. The van der Waals surface area contributed by atoms with Gasteiger partial charge in [-0.05, 0) is 42.5 Å². The monoisotopic (exact) mass is 414 g/mol. The third kappa shape index (κ3) is 4.01. The molecule has 9 heteroatoms. The molecule has 0 aliphatic heterocycles. The molecule has 0 saturated carbocycles. The standard InChI is InChI=1S/C20H19FN4O3S/c1-27-14-7-8-18(28-2)15(9-14)17(26)10-22-19-24-25-11-16(23-20(25)29-19)12-3-5-13(21)6-4-12/h3-9,11,17,26H,10H2,1-2H3,(H,22,24). The topological polar surface area (TPSA) is 80.9 Å². The van der Waals surface area contributed by atoms with E-state index in [1.165, 1.54) is 23.5 Å². The fraction of sp³-hybridized carbons (Fsp3) is 0.200. The van der Waals surface area contributed by atoms with Gasteiger partial charge in [0.2, 0.25) is 10.1 Å². The van der Waals surface area contributed by atoms with Crippen molar-refractivity contribution in [3.8, 4) is 22.8 Å². The van der Waals surface area contributed by atoms with Crippen LogP contribution < -0.4 is 14.8 Å². The molecule has 0 amide bonds. The van der Waals surface area contributed by atoms with Gasteiger partial charge in [-0.3, -0.25) is 0 Å². The van der Waals surface area contributed by atoms with Gasteiger partial charge in [0.05, 0.1) is 32.2 Å². The van der Waals surface area contributed by atoms with Crippen molar-refractivity contribution < 1.29 is 19.0 Å². The summed E-state index contributed by atoms with van der Waals surface area (Å²) in [5, 5.41) is 18.8. The van der Waals surface area contributed by atoms with E-state index >= 15 is 0 Å². The van der Waals surface area contributed by atoms with E-state index in [0.29, 0.717) is 27.2 Å². The zero-order valence-electron chi connectivity index (χ0n) is 15.8. The number of fused-ring (bicyclic) bond motifs is 1. The summed E-state index contributed by atoms with van der Waals surface area (Å²) in [6, 6.07) is 11.4. The van der Waals surface area contributed by atoms with E-state index in [-0.39, 0.29) is 12.4 Å². The molecule has 2 heterocycles. The van der Waals surface area contributed by atoms with Crippen LogP contribution in [0.4, 0.5) is 9.52 Å². The molecule has 1 atom stereocenters. The number of ether oxygens (including phenoxy) is 2. The second-order valence-electron chi connectivity index (χ2n) is 6.27. The van der Waals surface area contributed by atoms with E-state index in [1.54, 1.807) is 55.3 Å². The summed E-state index contributed by atoms with van der Waals surface area (Å²) < 4.78 is 25.3. The second-order valence-corrected chi connectivity index (χ2v) is 7.23. The fourth-order valence-electron chi connectivity index (χ4n) is 2.93. The zero-order chi connectivity index (χ0) is 20.4. The van der Waals surface area contributed by atoms with Crippen LogP contribution in [-0.4, -0.2) is 40.5 Å². The molecule has 7 nitrogen and oxygen atoms in total. The van der Waals surface area contributed by atoms with Crippen molar-refractivity contribution in [2.24, 2.45) is 0 Å². The van der Waals surface area contributed by atoms with E-state index in [0.717, 1.165) is 11.3 Å². The van der Waals surface area contributed by atoms with Crippen LogP contribution in [0, 0.1) is 5.82 Å². The SMILES string of the molecule is COc1ccc(OC)c(C(O)CNc2nn3cc(-c4ccc(F)cc4)nc3s2)c1. The average molecular weight is 414 g/mol. The number of methoxy groups -OCH3 is 2. The number of rotatable bonds is 7. The van der Waals surface area contributed by atoms with Gasteiger partial charge in [-0.2, -0.15) is 0 Å². The summed E-state index contributed by atoms with van der Waals surface area (Å²) in [6.45, 7) is 0.241. The van der Waals surface area contributed by atoms with Gasteiger partial charge in [-0.1, -0.05) is 11.3 Å². The Balaban J connectivity index is 1.47. The van der Waals surface area contributed by atoms with Crippen LogP contribution in [0.2, 0.25) is 0 Å². The number of aliphatic hydroxyl groups excluding tert-OH is 1. The molecule has 0 aliphatic carbocycles. The second kappa shape index (κ2) is 8.06. The lowest BCUT2D eigenvalue weighted by atomic mass is 10.1. The molecule has 0 spiro atoms. The molecule has 29 heavy (non-hydrogen) atoms. The first-order valence-corrected chi connectivity index (χ1v) is 9.65. The molecule has 4 aromatic rings. The van der Waals surface area contributed by atoms with Crippen LogP contribution in [0.1, 0.15) is 11.7 Å². The molecular formula is C20H19FN4O3S. The summed E-state index contributed by atoms with van der Waals surface area (Å²) in [6.07, 6.45) is 0.970. The highest BCUT2D eigenvalue weighted by Crippen LogP contribution is 2.30. The first kappa shape index (κ1) is 19.2. The summed E-state index contributed by atoms with van der Waals surface area (Å²) in [5.41, 5.74) is 2.16. The van der Waals surface area contributed by atoms with Crippen LogP contribution in [0.25, 0.3) is 16.2 Å². The van der Waals surface area contributed by atoms with Crippen LogP contribution in [0.3, 0.4) is 0 Å². The smallest absolute Gasteiger partial charge is 0.214 e. The quantitative estimate of drug-likeness (QED) is 0.479. The molecule has 2 aromatic carbocycles. The number of benzene rings is 2. The molecular weight excluding hydrogens is 395 g/mol. The highest BCUT2D eigenvalue weighted by Gasteiger charge is 2.16. The third-order valence-electron chi connectivity index (χ3n) is 4.43. The maximum atomic E-state index is 13.1. The summed E-state index contributed by atoms with van der Waals surface area (Å²) in [5.74, 6) is 0.935. The van der Waals surface area contributed by atoms with E-state index < -0.39 is 6.10 Å². The zero-order valence-corrected chi connectivity index (χ0v) is 16.6. The van der Waals surface area contributed by atoms with Gasteiger partial charge in [0, 0.05) is 17.7 Å². The number of imidazole rings is 1. The van der Waals surface area contributed by atoms with Crippen LogP contribution >= 0.6 is 11.3 Å². The van der Waals surface area contributed by atoms with Gasteiger partial charge in [0.25, 0.3) is 0 Å². The van der Waals surface area contributed by atoms with Crippen LogP contribution in [0.15, 0.2) is 48.7 Å². The normalized spacial score (nSPS) is 12.1. The van der Waals surface area contributed by atoms with Crippen molar-refractivity contribution in [1.29, 1.82) is 0 Å². The van der Waals surface area contributed by atoms with Crippen molar-refractivity contribution in [2.45, 2.75) is 6.10 Å². The Bertz CT molecular complexity index is 1100. The maximum absolute atomic E-state index is 13.1. The molecule has 0 radical (unpaired) electrons. The predicted octanol–water partition coefficient (Wildman–Crippen LogP) is 3.76. The van der Waals surface area contributed by atoms with E-state index in [9.17, 15) is 9.50 Å².